The monoisotopic (exact) mass is 290 g/mol. The van der Waals surface area contributed by atoms with Gasteiger partial charge in [-0.3, -0.25) is 0 Å². The van der Waals surface area contributed by atoms with Crippen LogP contribution in [0.2, 0.25) is 0 Å². The molecule has 0 amide bonds. The molecular formula is C15H16F2N4. The molecule has 1 fully saturated rings. The highest BCUT2D eigenvalue weighted by Gasteiger charge is 2.29. The third-order valence-corrected chi connectivity index (χ3v) is 3.52. The van der Waals surface area contributed by atoms with Gasteiger partial charge in [-0.2, -0.15) is 0 Å². The maximum absolute atomic E-state index is 12.6. The Kier molecular flexibility index (Phi) is 3.37. The van der Waals surface area contributed by atoms with Crippen molar-refractivity contribution >= 4 is 16.6 Å². The number of benzene rings is 1. The number of rotatable bonds is 4. The normalized spacial score (nSPS) is 16.9. The highest BCUT2D eigenvalue weighted by Crippen LogP contribution is 2.40. The van der Waals surface area contributed by atoms with Crippen LogP contribution < -0.4 is 11.5 Å². The van der Waals surface area contributed by atoms with Crippen LogP contribution in [0.25, 0.3) is 16.6 Å². The first-order valence-corrected chi connectivity index (χ1v) is 6.76. The quantitative estimate of drug-likeness (QED) is 0.851. The molecule has 0 radical (unpaired) electrons. The average Bonchev–Trinajstić information content (AvgIpc) is 3.24. The summed E-state index contributed by atoms with van der Waals surface area (Å²) < 4.78 is 27.3. The van der Waals surface area contributed by atoms with Gasteiger partial charge in [-0.1, -0.05) is 12.1 Å². The zero-order valence-corrected chi connectivity index (χ0v) is 11.3. The van der Waals surface area contributed by atoms with Crippen molar-refractivity contribution < 1.29 is 8.78 Å². The molecule has 1 aliphatic carbocycles. The van der Waals surface area contributed by atoms with Crippen LogP contribution in [-0.4, -0.2) is 16.0 Å². The van der Waals surface area contributed by atoms with Gasteiger partial charge in [0.2, 0.25) is 0 Å². The minimum absolute atomic E-state index is 0.350. The van der Waals surface area contributed by atoms with Gasteiger partial charge in [0.05, 0.1) is 16.7 Å². The summed E-state index contributed by atoms with van der Waals surface area (Å²) in [5.41, 5.74) is 12.7. The van der Waals surface area contributed by atoms with Crippen molar-refractivity contribution in [3.8, 4) is 0 Å². The molecule has 1 heterocycles. The van der Waals surface area contributed by atoms with Crippen molar-refractivity contribution in [1.29, 1.82) is 0 Å². The third kappa shape index (κ3) is 2.49. The van der Waals surface area contributed by atoms with Crippen LogP contribution in [0.1, 0.15) is 24.7 Å². The molecule has 0 aliphatic heterocycles. The molecular weight excluding hydrogens is 274 g/mol. The van der Waals surface area contributed by atoms with Gasteiger partial charge in [0.15, 0.2) is 0 Å². The number of para-hydroxylation sites is 2. The zero-order chi connectivity index (χ0) is 15.0. The summed E-state index contributed by atoms with van der Waals surface area (Å²) in [5.74, 6) is 0.588. The second-order valence-electron chi connectivity index (χ2n) is 5.09. The van der Waals surface area contributed by atoms with Crippen LogP contribution in [0, 0.1) is 0 Å². The van der Waals surface area contributed by atoms with Gasteiger partial charge in [0.25, 0.3) is 6.43 Å². The molecule has 0 unspecified atom stereocenters. The van der Waals surface area contributed by atoms with Crippen LogP contribution in [0.4, 0.5) is 8.78 Å². The minimum atomic E-state index is -2.71. The van der Waals surface area contributed by atoms with Crippen molar-refractivity contribution in [2.45, 2.75) is 25.3 Å². The van der Waals surface area contributed by atoms with Crippen LogP contribution in [0.15, 0.2) is 42.2 Å². The van der Waals surface area contributed by atoms with Gasteiger partial charge < -0.3 is 16.0 Å². The maximum atomic E-state index is 12.6. The highest BCUT2D eigenvalue weighted by atomic mass is 19.3. The Bertz CT molecular complexity index is 726. The van der Waals surface area contributed by atoms with E-state index in [1.165, 1.54) is 12.3 Å². The van der Waals surface area contributed by atoms with E-state index in [4.69, 9.17) is 11.5 Å². The Morgan fingerprint density at radius 3 is 2.67 bits per heavy atom. The van der Waals surface area contributed by atoms with E-state index < -0.39 is 12.1 Å². The van der Waals surface area contributed by atoms with E-state index in [1.807, 2.05) is 24.3 Å². The van der Waals surface area contributed by atoms with Gasteiger partial charge in [-0.15, -0.1) is 0 Å². The molecule has 2 aromatic rings. The summed E-state index contributed by atoms with van der Waals surface area (Å²) in [7, 11) is 0. The fourth-order valence-corrected chi connectivity index (χ4v) is 2.38. The topological polar surface area (TPSA) is 69.9 Å². The SMILES string of the molecule is N/C=C(\C=C(/N)C(F)F)c1nc2ccccc2n1C1CC1. The summed E-state index contributed by atoms with van der Waals surface area (Å²) >= 11 is 0. The standard InChI is InChI=1S/C15H16F2N4/c16-14(17)11(19)7-9(8-18)15-20-12-3-1-2-4-13(12)21(15)10-5-6-10/h1-4,7-8,10,14H,5-6,18-19H2/b9-8+,11-7-. The van der Waals surface area contributed by atoms with E-state index in [0.717, 1.165) is 23.9 Å². The fourth-order valence-electron chi connectivity index (χ4n) is 2.38. The number of aromatic nitrogens is 2. The molecule has 4 nitrogen and oxygen atoms in total. The Hall–Kier alpha value is -2.37. The lowest BCUT2D eigenvalue weighted by molar-refractivity contribution is 0.188. The van der Waals surface area contributed by atoms with Gasteiger partial charge in [0, 0.05) is 17.8 Å². The molecule has 6 heteroatoms. The van der Waals surface area contributed by atoms with Crippen LogP contribution in [-0.2, 0) is 0 Å². The molecule has 0 saturated heterocycles. The second-order valence-corrected chi connectivity index (χ2v) is 5.09. The molecule has 0 atom stereocenters. The molecule has 21 heavy (non-hydrogen) atoms. The summed E-state index contributed by atoms with van der Waals surface area (Å²) in [6, 6.07) is 8.04. The zero-order valence-electron chi connectivity index (χ0n) is 11.3. The highest BCUT2D eigenvalue weighted by molar-refractivity contribution is 5.82. The summed E-state index contributed by atoms with van der Waals surface area (Å²) in [4.78, 5) is 4.53. The van der Waals surface area contributed by atoms with E-state index in [9.17, 15) is 8.78 Å². The van der Waals surface area contributed by atoms with Crippen molar-refractivity contribution in [3.05, 3.63) is 48.1 Å². The first kappa shape index (κ1) is 13.6. The molecule has 1 aromatic heterocycles. The summed E-state index contributed by atoms with van der Waals surface area (Å²) in [6.45, 7) is 0. The maximum Gasteiger partial charge on any atom is 0.277 e. The van der Waals surface area contributed by atoms with Gasteiger partial charge in [-0.05, 0) is 31.1 Å². The van der Waals surface area contributed by atoms with E-state index in [0.29, 0.717) is 17.4 Å². The number of allylic oxidation sites excluding steroid dienone is 3. The molecule has 0 spiro atoms. The van der Waals surface area contributed by atoms with Crippen LogP contribution in [0.5, 0.6) is 0 Å². The summed E-state index contributed by atoms with van der Waals surface area (Å²) in [6.07, 6.45) is 1.87. The largest absolute Gasteiger partial charge is 0.404 e. The summed E-state index contributed by atoms with van der Waals surface area (Å²) in [5, 5.41) is 0. The van der Waals surface area contributed by atoms with Gasteiger partial charge in [-0.25, -0.2) is 13.8 Å². The predicted octanol–water partition coefficient (Wildman–Crippen LogP) is 2.78. The smallest absolute Gasteiger partial charge is 0.277 e. The number of imidazole rings is 1. The lowest BCUT2D eigenvalue weighted by atomic mass is 10.2. The number of alkyl halides is 2. The van der Waals surface area contributed by atoms with Crippen molar-refractivity contribution in [3.63, 3.8) is 0 Å². The minimum Gasteiger partial charge on any atom is -0.404 e. The molecule has 0 bridgehead atoms. The van der Waals surface area contributed by atoms with E-state index in [1.54, 1.807) is 0 Å². The van der Waals surface area contributed by atoms with Crippen LogP contribution in [0.3, 0.4) is 0 Å². The lowest BCUT2D eigenvalue weighted by Gasteiger charge is -2.09. The molecule has 110 valence electrons. The first-order chi connectivity index (χ1) is 10.1. The Labute approximate surface area is 120 Å². The molecule has 1 aromatic carbocycles. The molecule has 1 saturated carbocycles. The fraction of sp³-hybridized carbons (Fsp3) is 0.267. The van der Waals surface area contributed by atoms with E-state index >= 15 is 0 Å². The van der Waals surface area contributed by atoms with Crippen molar-refractivity contribution in [2.75, 3.05) is 0 Å². The second kappa shape index (κ2) is 5.20. The van der Waals surface area contributed by atoms with Crippen molar-refractivity contribution in [2.24, 2.45) is 11.5 Å². The average molecular weight is 290 g/mol. The van der Waals surface area contributed by atoms with Crippen molar-refractivity contribution in [1.82, 2.24) is 9.55 Å². The van der Waals surface area contributed by atoms with Gasteiger partial charge in [0.1, 0.15) is 5.82 Å². The number of nitrogens with two attached hydrogens (primary N) is 2. The molecule has 3 rings (SSSR count). The number of fused-ring (bicyclic) bond motifs is 1. The molecule has 1 aliphatic rings. The Morgan fingerprint density at radius 1 is 1.33 bits per heavy atom. The lowest BCUT2D eigenvalue weighted by Crippen LogP contribution is -2.09. The number of hydrogen-bond acceptors (Lipinski definition) is 3. The number of hydrogen-bond donors (Lipinski definition) is 2. The number of halogens is 2. The van der Waals surface area contributed by atoms with E-state index in [-0.39, 0.29) is 0 Å². The molecule has 4 N–H and O–H groups in total. The Balaban J connectivity index is 2.15. The van der Waals surface area contributed by atoms with Gasteiger partial charge >= 0.3 is 0 Å². The third-order valence-electron chi connectivity index (χ3n) is 3.52. The van der Waals surface area contributed by atoms with E-state index in [2.05, 4.69) is 9.55 Å². The number of nitrogens with zero attached hydrogens (tertiary/aromatic N) is 2. The Morgan fingerprint density at radius 2 is 2.05 bits per heavy atom. The first-order valence-electron chi connectivity index (χ1n) is 6.76. The van der Waals surface area contributed by atoms with Crippen LogP contribution >= 0.6 is 0 Å². The predicted molar refractivity (Wildman–Crippen MR) is 78.4 cm³/mol.